The highest BCUT2D eigenvalue weighted by Crippen LogP contribution is 2.36. The number of primary amides is 1. The second kappa shape index (κ2) is 19.5. The predicted octanol–water partition coefficient (Wildman–Crippen LogP) is 5.19. The topological polar surface area (TPSA) is 260 Å². The normalized spacial score (nSPS) is 11.5. The number of rotatable bonds is 18. The number of carbonyl (C=O) groups is 6. The molecular formula is C45H40N4O11S. The fourth-order valence-corrected chi connectivity index (χ4v) is 6.58. The van der Waals surface area contributed by atoms with E-state index in [4.69, 9.17) is 15.7 Å². The second-order valence-corrected chi connectivity index (χ2v) is 15.6. The molecule has 5 rings (SSSR count). The van der Waals surface area contributed by atoms with Crippen LogP contribution in [0.25, 0.3) is 0 Å². The maximum atomic E-state index is 13.4. The summed E-state index contributed by atoms with van der Waals surface area (Å²) in [7, 11) is -4.42. The molecule has 0 saturated carbocycles. The van der Waals surface area contributed by atoms with Gasteiger partial charge < -0.3 is 26.2 Å². The zero-order chi connectivity index (χ0) is 44.4. The van der Waals surface area contributed by atoms with Crippen molar-refractivity contribution in [1.29, 1.82) is 5.26 Å². The van der Waals surface area contributed by atoms with Crippen molar-refractivity contribution in [2.24, 2.45) is 5.73 Å². The molecule has 0 aliphatic rings. The number of ketones is 3. The second-order valence-electron chi connectivity index (χ2n) is 14.2. The average Bonchev–Trinajstić information content (AvgIpc) is 3.22. The molecule has 16 heteroatoms. The zero-order valence-electron chi connectivity index (χ0n) is 32.9. The molecule has 0 heterocycles. The van der Waals surface area contributed by atoms with E-state index < -0.39 is 63.7 Å². The summed E-state index contributed by atoms with van der Waals surface area (Å²) in [6.45, 7) is 3.41. The smallest absolute Gasteiger partial charge is 0.294 e. The van der Waals surface area contributed by atoms with Gasteiger partial charge in [0.15, 0.2) is 28.8 Å². The molecule has 61 heavy (non-hydrogen) atoms. The monoisotopic (exact) mass is 844 g/mol. The van der Waals surface area contributed by atoms with Crippen molar-refractivity contribution in [3.05, 3.63) is 154 Å². The molecule has 0 fully saturated rings. The van der Waals surface area contributed by atoms with Crippen LogP contribution in [0.5, 0.6) is 11.5 Å². The fourth-order valence-electron chi connectivity index (χ4n) is 6.10. The van der Waals surface area contributed by atoms with Gasteiger partial charge >= 0.3 is 0 Å². The number of phenols is 1. The number of nitrogens with two attached hydrogens (primary N) is 1. The van der Waals surface area contributed by atoms with Gasteiger partial charge in [-0.15, -0.1) is 0 Å². The number of phenolic OH excluding ortho intramolecular Hbond substituents is 1. The molecule has 0 spiro atoms. The number of nitrogens with zero attached hydrogens (tertiary/aromatic N) is 1. The minimum atomic E-state index is -4.42. The van der Waals surface area contributed by atoms with Crippen LogP contribution in [0.1, 0.15) is 84.0 Å². The van der Waals surface area contributed by atoms with E-state index in [1.165, 1.54) is 84.9 Å². The number of anilines is 1. The van der Waals surface area contributed by atoms with Gasteiger partial charge in [-0.1, -0.05) is 42.5 Å². The Labute approximate surface area is 350 Å². The van der Waals surface area contributed by atoms with Gasteiger partial charge in [0.05, 0.1) is 40.7 Å². The minimum Gasteiger partial charge on any atom is -0.504 e. The van der Waals surface area contributed by atoms with Crippen molar-refractivity contribution in [3.63, 3.8) is 0 Å². The van der Waals surface area contributed by atoms with Gasteiger partial charge in [-0.3, -0.25) is 33.3 Å². The van der Waals surface area contributed by atoms with Crippen molar-refractivity contribution in [3.8, 4) is 17.6 Å². The first-order valence-electron chi connectivity index (χ1n) is 18.7. The number of hydrogen-bond acceptors (Lipinski definition) is 11. The summed E-state index contributed by atoms with van der Waals surface area (Å²) in [5.74, 6) is -3.83. The SMILES string of the molecule is CC(C)Oc1c(CC(=O)c2ccc(CC(=O)[C@H](CC(N)=O)NC(=O)c3ccc(NC(=O)c4ccc(C#N)cc4)cc3)cc2)ccc(C(=O)Cc2ccc(S(=O)(=O)O)cc2)c1O. The molecule has 0 bridgehead atoms. The highest BCUT2D eigenvalue weighted by molar-refractivity contribution is 7.85. The number of nitrogens with one attached hydrogen (secondary N) is 2. The van der Waals surface area contributed by atoms with E-state index in [2.05, 4.69) is 10.6 Å². The molecule has 312 valence electrons. The Kier molecular flexibility index (Phi) is 14.3. The summed E-state index contributed by atoms with van der Waals surface area (Å²) in [5, 5.41) is 25.4. The number of benzene rings is 5. The van der Waals surface area contributed by atoms with Gasteiger partial charge in [-0.05, 0) is 91.7 Å². The molecule has 1 atom stereocenters. The number of ether oxygens (including phenoxy) is 1. The summed E-state index contributed by atoms with van der Waals surface area (Å²) in [6, 6.07) is 26.6. The average molecular weight is 845 g/mol. The first-order valence-corrected chi connectivity index (χ1v) is 20.1. The highest BCUT2D eigenvalue weighted by Gasteiger charge is 2.25. The van der Waals surface area contributed by atoms with Crippen LogP contribution in [0.3, 0.4) is 0 Å². The Balaban J connectivity index is 1.21. The van der Waals surface area contributed by atoms with Gasteiger partial charge in [-0.25, -0.2) is 0 Å². The molecule has 15 nitrogen and oxygen atoms in total. The molecule has 5 aromatic carbocycles. The molecule has 0 saturated heterocycles. The number of aromatic hydroxyl groups is 1. The lowest BCUT2D eigenvalue weighted by atomic mass is 9.95. The lowest BCUT2D eigenvalue weighted by molar-refractivity contribution is -0.125. The van der Waals surface area contributed by atoms with Crippen molar-refractivity contribution < 1.29 is 51.6 Å². The molecule has 0 radical (unpaired) electrons. The number of nitriles is 1. The molecule has 3 amide bonds. The first-order chi connectivity index (χ1) is 28.9. The summed E-state index contributed by atoms with van der Waals surface area (Å²) in [4.78, 5) is 77.2. The van der Waals surface area contributed by atoms with Crippen LogP contribution in [0.4, 0.5) is 5.69 Å². The first kappa shape index (κ1) is 44.6. The van der Waals surface area contributed by atoms with Crippen molar-refractivity contribution in [2.75, 3.05) is 5.32 Å². The van der Waals surface area contributed by atoms with E-state index in [0.29, 0.717) is 33.5 Å². The Bertz CT molecular complexity index is 2640. The Morgan fingerprint density at radius 1 is 0.721 bits per heavy atom. The van der Waals surface area contributed by atoms with Crippen LogP contribution >= 0.6 is 0 Å². The van der Waals surface area contributed by atoms with Crippen molar-refractivity contribution >= 4 is 50.9 Å². The summed E-state index contributed by atoms with van der Waals surface area (Å²) < 4.78 is 37.8. The summed E-state index contributed by atoms with van der Waals surface area (Å²) in [5.41, 5.74) is 8.05. The van der Waals surface area contributed by atoms with Gasteiger partial charge in [0, 0.05) is 47.2 Å². The van der Waals surface area contributed by atoms with Gasteiger partial charge in [0.25, 0.3) is 21.9 Å². The van der Waals surface area contributed by atoms with Gasteiger partial charge in [0.2, 0.25) is 5.91 Å². The Hall–Kier alpha value is -7.48. The Morgan fingerprint density at radius 3 is 1.85 bits per heavy atom. The third-order valence-corrected chi connectivity index (χ3v) is 10.1. The minimum absolute atomic E-state index is 0.0527. The van der Waals surface area contributed by atoms with Crippen LogP contribution in [0.2, 0.25) is 0 Å². The predicted molar refractivity (Wildman–Crippen MR) is 222 cm³/mol. The van der Waals surface area contributed by atoms with Crippen LogP contribution < -0.4 is 21.1 Å². The van der Waals surface area contributed by atoms with E-state index in [0.717, 1.165) is 12.1 Å². The van der Waals surface area contributed by atoms with Gasteiger partial charge in [-0.2, -0.15) is 13.7 Å². The third-order valence-electron chi connectivity index (χ3n) is 9.24. The van der Waals surface area contributed by atoms with Crippen LogP contribution in [0, 0.1) is 11.3 Å². The standard InChI is InChI=1S/C45H40N4O11S/c1-26(2)60-43-33(15-20-36(42(43)54)39(51)21-28-7-18-35(19-8-28)61(57,58)59)23-38(50)30-9-3-27(4-10-30)22-40(52)37(24-41(47)53)49-45(56)32-13-16-34(17-14-32)48-44(55)31-11-5-29(25-46)6-12-31/h3-20,26,37,54H,21-24H2,1-2H3,(H2,47,53)(H,48,55)(H,49,56)(H,57,58,59)/t37-/m0/s1. The van der Waals surface area contributed by atoms with E-state index in [1.54, 1.807) is 26.0 Å². The van der Waals surface area contributed by atoms with E-state index in [1.807, 2.05) is 6.07 Å². The lowest BCUT2D eigenvalue weighted by Gasteiger charge is -2.18. The summed E-state index contributed by atoms with van der Waals surface area (Å²) >= 11 is 0. The lowest BCUT2D eigenvalue weighted by Crippen LogP contribution is -2.44. The van der Waals surface area contributed by atoms with Crippen LogP contribution in [0.15, 0.2) is 114 Å². The van der Waals surface area contributed by atoms with Crippen LogP contribution in [-0.2, 0) is 39.0 Å². The van der Waals surface area contributed by atoms with E-state index >= 15 is 0 Å². The number of carbonyl (C=O) groups excluding carboxylic acids is 6. The maximum Gasteiger partial charge on any atom is 0.294 e. The molecular weight excluding hydrogens is 805 g/mol. The van der Waals surface area contributed by atoms with E-state index in [9.17, 15) is 46.8 Å². The van der Waals surface area contributed by atoms with Crippen LogP contribution in [-0.4, -0.2) is 65.3 Å². The molecule has 0 unspecified atom stereocenters. The highest BCUT2D eigenvalue weighted by atomic mass is 32.2. The molecule has 0 aliphatic heterocycles. The van der Waals surface area contributed by atoms with Crippen molar-refractivity contribution in [1.82, 2.24) is 5.32 Å². The zero-order valence-corrected chi connectivity index (χ0v) is 33.7. The quantitative estimate of drug-likeness (QED) is 0.0564. The van der Waals surface area contributed by atoms with Crippen molar-refractivity contribution in [2.45, 2.75) is 56.6 Å². The molecule has 6 N–H and O–H groups in total. The van der Waals surface area contributed by atoms with E-state index in [-0.39, 0.29) is 52.4 Å². The largest absolute Gasteiger partial charge is 0.504 e. The maximum absolute atomic E-state index is 13.4. The summed E-state index contributed by atoms with van der Waals surface area (Å²) in [6.07, 6.45) is -1.56. The molecule has 0 aliphatic carbocycles. The third kappa shape index (κ3) is 12.0. The van der Waals surface area contributed by atoms with Gasteiger partial charge in [0.1, 0.15) is 0 Å². The number of amides is 3. The number of Topliss-reactive ketones (excluding diaryl/α,β-unsaturated/α-hetero) is 3. The Morgan fingerprint density at radius 2 is 1.28 bits per heavy atom. The molecule has 5 aromatic rings. The number of hydrogen-bond donors (Lipinski definition) is 5. The fraction of sp³-hybridized carbons (Fsp3) is 0.178. The molecule has 0 aromatic heterocycles.